The molecule has 0 saturated heterocycles. The molecule has 0 atom stereocenters. The standard InChI is InChI=1S/C16H22N4O2/c1-5-21-14-18-13(19-15(20-14)22-6-2)11-9-7-8-10-12(11)16(3,4)17/h7-10H,5-6,17H2,1-4H3. The minimum Gasteiger partial charge on any atom is -0.464 e. The van der Waals surface area contributed by atoms with Crippen LogP contribution in [0.5, 0.6) is 12.0 Å². The third-order valence-electron chi connectivity index (χ3n) is 3.00. The average Bonchev–Trinajstić information content (AvgIpc) is 2.47. The fourth-order valence-electron chi connectivity index (χ4n) is 2.09. The van der Waals surface area contributed by atoms with E-state index in [0.29, 0.717) is 19.0 Å². The summed E-state index contributed by atoms with van der Waals surface area (Å²) in [4.78, 5) is 12.9. The predicted octanol–water partition coefficient (Wildman–Crippen LogP) is 2.53. The lowest BCUT2D eigenvalue weighted by molar-refractivity contribution is 0.280. The number of benzene rings is 1. The number of rotatable bonds is 6. The van der Waals surface area contributed by atoms with Gasteiger partial charge < -0.3 is 15.2 Å². The molecule has 1 aromatic carbocycles. The normalized spacial score (nSPS) is 11.3. The van der Waals surface area contributed by atoms with Crippen molar-refractivity contribution in [1.29, 1.82) is 0 Å². The summed E-state index contributed by atoms with van der Waals surface area (Å²) in [6, 6.07) is 8.28. The van der Waals surface area contributed by atoms with E-state index in [1.54, 1.807) is 0 Å². The molecule has 0 spiro atoms. The van der Waals surface area contributed by atoms with E-state index >= 15 is 0 Å². The Hall–Kier alpha value is -2.21. The first-order valence-corrected chi connectivity index (χ1v) is 7.36. The van der Waals surface area contributed by atoms with Gasteiger partial charge in [0.25, 0.3) is 0 Å². The molecule has 2 aromatic rings. The summed E-state index contributed by atoms with van der Waals surface area (Å²) in [7, 11) is 0. The number of nitrogens with zero attached hydrogens (tertiary/aromatic N) is 3. The zero-order valence-corrected chi connectivity index (χ0v) is 13.5. The maximum atomic E-state index is 6.25. The quantitative estimate of drug-likeness (QED) is 0.883. The third kappa shape index (κ3) is 3.71. The SMILES string of the molecule is CCOc1nc(OCC)nc(-c2ccccc2C(C)(C)N)n1. The summed E-state index contributed by atoms with van der Waals surface area (Å²) in [5.41, 5.74) is 7.54. The molecular weight excluding hydrogens is 280 g/mol. The number of aromatic nitrogens is 3. The Morgan fingerprint density at radius 2 is 1.50 bits per heavy atom. The van der Waals surface area contributed by atoms with Crippen LogP contribution in [-0.4, -0.2) is 28.2 Å². The molecule has 0 fully saturated rings. The molecule has 118 valence electrons. The van der Waals surface area contributed by atoms with Crippen molar-refractivity contribution in [2.75, 3.05) is 13.2 Å². The number of hydrogen-bond acceptors (Lipinski definition) is 6. The molecule has 6 heteroatoms. The van der Waals surface area contributed by atoms with Gasteiger partial charge in [-0.1, -0.05) is 24.3 Å². The number of nitrogens with two attached hydrogens (primary N) is 1. The Morgan fingerprint density at radius 1 is 0.955 bits per heavy atom. The second-order valence-electron chi connectivity index (χ2n) is 5.36. The lowest BCUT2D eigenvalue weighted by Crippen LogP contribution is -2.29. The van der Waals surface area contributed by atoms with Gasteiger partial charge in [0.05, 0.1) is 13.2 Å². The van der Waals surface area contributed by atoms with Crippen molar-refractivity contribution in [2.45, 2.75) is 33.2 Å². The minimum absolute atomic E-state index is 0.251. The van der Waals surface area contributed by atoms with E-state index in [-0.39, 0.29) is 12.0 Å². The van der Waals surface area contributed by atoms with Gasteiger partial charge >= 0.3 is 12.0 Å². The van der Waals surface area contributed by atoms with Crippen LogP contribution in [0.25, 0.3) is 11.4 Å². The van der Waals surface area contributed by atoms with Gasteiger partial charge in [0.1, 0.15) is 0 Å². The Kier molecular flexibility index (Phi) is 4.92. The molecule has 1 aromatic heterocycles. The van der Waals surface area contributed by atoms with E-state index in [2.05, 4.69) is 15.0 Å². The molecule has 1 heterocycles. The van der Waals surface area contributed by atoms with Gasteiger partial charge in [-0.15, -0.1) is 4.98 Å². The summed E-state index contributed by atoms with van der Waals surface area (Å²) in [5.74, 6) is 0.496. The molecule has 0 unspecified atom stereocenters. The molecule has 0 saturated carbocycles. The van der Waals surface area contributed by atoms with E-state index in [4.69, 9.17) is 15.2 Å². The lowest BCUT2D eigenvalue weighted by atomic mass is 9.90. The van der Waals surface area contributed by atoms with Crippen LogP contribution in [0.15, 0.2) is 24.3 Å². The van der Waals surface area contributed by atoms with Gasteiger partial charge in [-0.3, -0.25) is 0 Å². The second-order valence-corrected chi connectivity index (χ2v) is 5.36. The van der Waals surface area contributed by atoms with E-state index in [1.165, 1.54) is 0 Å². The molecule has 0 aliphatic carbocycles. The largest absolute Gasteiger partial charge is 0.464 e. The van der Waals surface area contributed by atoms with Crippen molar-refractivity contribution in [3.8, 4) is 23.4 Å². The van der Waals surface area contributed by atoms with Gasteiger partial charge in [0.2, 0.25) is 0 Å². The zero-order chi connectivity index (χ0) is 16.2. The highest BCUT2D eigenvalue weighted by Gasteiger charge is 2.21. The van der Waals surface area contributed by atoms with E-state index in [9.17, 15) is 0 Å². The highest BCUT2D eigenvalue weighted by Crippen LogP contribution is 2.29. The average molecular weight is 302 g/mol. The molecule has 0 amide bonds. The van der Waals surface area contributed by atoms with E-state index in [1.807, 2.05) is 52.0 Å². The molecule has 2 N–H and O–H groups in total. The Balaban J connectivity index is 2.56. The summed E-state index contributed by atoms with van der Waals surface area (Å²) < 4.78 is 10.8. The van der Waals surface area contributed by atoms with Crippen molar-refractivity contribution in [3.05, 3.63) is 29.8 Å². The van der Waals surface area contributed by atoms with Crippen LogP contribution in [0.4, 0.5) is 0 Å². The number of hydrogen-bond donors (Lipinski definition) is 1. The summed E-state index contributed by atoms with van der Waals surface area (Å²) in [6.45, 7) is 8.58. The predicted molar refractivity (Wildman–Crippen MR) is 84.8 cm³/mol. The van der Waals surface area contributed by atoms with Gasteiger partial charge in [-0.05, 0) is 33.3 Å². The van der Waals surface area contributed by atoms with Crippen LogP contribution in [0.1, 0.15) is 33.3 Å². The number of ether oxygens (including phenoxy) is 2. The minimum atomic E-state index is -0.513. The van der Waals surface area contributed by atoms with Crippen molar-refractivity contribution in [1.82, 2.24) is 15.0 Å². The summed E-state index contributed by atoms with van der Waals surface area (Å²) in [5, 5.41) is 0. The van der Waals surface area contributed by atoms with Crippen LogP contribution in [0.3, 0.4) is 0 Å². The monoisotopic (exact) mass is 302 g/mol. The van der Waals surface area contributed by atoms with E-state index < -0.39 is 5.54 Å². The third-order valence-corrected chi connectivity index (χ3v) is 3.00. The summed E-state index contributed by atoms with van der Waals surface area (Å²) >= 11 is 0. The van der Waals surface area contributed by atoms with Crippen molar-refractivity contribution >= 4 is 0 Å². The van der Waals surface area contributed by atoms with Gasteiger partial charge in [0.15, 0.2) is 5.82 Å². The summed E-state index contributed by atoms with van der Waals surface area (Å²) in [6.07, 6.45) is 0. The van der Waals surface area contributed by atoms with Crippen LogP contribution < -0.4 is 15.2 Å². The van der Waals surface area contributed by atoms with E-state index in [0.717, 1.165) is 11.1 Å². The van der Waals surface area contributed by atoms with Gasteiger partial charge in [-0.2, -0.15) is 9.97 Å². The van der Waals surface area contributed by atoms with Crippen molar-refractivity contribution < 1.29 is 9.47 Å². The first-order valence-electron chi connectivity index (χ1n) is 7.36. The zero-order valence-electron chi connectivity index (χ0n) is 13.5. The van der Waals surface area contributed by atoms with Crippen LogP contribution in [-0.2, 0) is 5.54 Å². The highest BCUT2D eigenvalue weighted by atomic mass is 16.5. The highest BCUT2D eigenvalue weighted by molar-refractivity contribution is 5.62. The van der Waals surface area contributed by atoms with Crippen LogP contribution >= 0.6 is 0 Å². The molecule has 0 aliphatic rings. The molecule has 22 heavy (non-hydrogen) atoms. The molecule has 0 aliphatic heterocycles. The van der Waals surface area contributed by atoms with Gasteiger partial charge in [0, 0.05) is 11.1 Å². The molecule has 0 radical (unpaired) electrons. The fourth-order valence-corrected chi connectivity index (χ4v) is 2.09. The molecule has 0 bridgehead atoms. The maximum Gasteiger partial charge on any atom is 0.323 e. The second kappa shape index (κ2) is 6.70. The Bertz CT molecular complexity index is 614. The van der Waals surface area contributed by atoms with Crippen molar-refractivity contribution in [3.63, 3.8) is 0 Å². The fraction of sp³-hybridized carbons (Fsp3) is 0.438. The molecule has 2 rings (SSSR count). The van der Waals surface area contributed by atoms with Crippen LogP contribution in [0, 0.1) is 0 Å². The molecular formula is C16H22N4O2. The van der Waals surface area contributed by atoms with Gasteiger partial charge in [-0.25, -0.2) is 0 Å². The maximum absolute atomic E-state index is 6.25. The Labute approximate surface area is 130 Å². The Morgan fingerprint density at radius 3 is 2.00 bits per heavy atom. The first kappa shape index (κ1) is 16.2. The topological polar surface area (TPSA) is 83.2 Å². The smallest absolute Gasteiger partial charge is 0.323 e. The first-order chi connectivity index (χ1) is 10.5. The van der Waals surface area contributed by atoms with Crippen molar-refractivity contribution in [2.24, 2.45) is 5.73 Å². The lowest BCUT2D eigenvalue weighted by Gasteiger charge is -2.22. The van der Waals surface area contributed by atoms with Crippen LogP contribution in [0.2, 0.25) is 0 Å². The molecule has 6 nitrogen and oxygen atoms in total.